The van der Waals surface area contributed by atoms with Gasteiger partial charge in [0, 0.05) is 13.1 Å². The first-order valence-electron chi connectivity index (χ1n) is 6.59. The summed E-state index contributed by atoms with van der Waals surface area (Å²) in [5.41, 5.74) is -0.795. The summed E-state index contributed by atoms with van der Waals surface area (Å²) in [7, 11) is 0. The van der Waals surface area contributed by atoms with E-state index in [-0.39, 0.29) is 6.01 Å². The lowest BCUT2D eigenvalue weighted by atomic mass is 10.0. The van der Waals surface area contributed by atoms with Crippen LogP contribution in [-0.2, 0) is 0 Å². The summed E-state index contributed by atoms with van der Waals surface area (Å²) < 4.78 is 5.29. The van der Waals surface area contributed by atoms with E-state index in [1.807, 2.05) is 20.8 Å². The van der Waals surface area contributed by atoms with Crippen molar-refractivity contribution in [1.29, 1.82) is 0 Å². The lowest BCUT2D eigenvalue weighted by Gasteiger charge is -2.21. The van der Waals surface area contributed by atoms with Gasteiger partial charge in [0.2, 0.25) is 11.9 Å². The van der Waals surface area contributed by atoms with E-state index in [0.717, 1.165) is 0 Å². The molecule has 0 fully saturated rings. The van der Waals surface area contributed by atoms with Gasteiger partial charge in [-0.15, -0.1) is 0 Å². The number of rotatable bonds is 8. The van der Waals surface area contributed by atoms with Crippen LogP contribution in [0.1, 0.15) is 34.1 Å². The number of ether oxygens (including phenoxy) is 1. The number of hydrogen-bond acceptors (Lipinski definition) is 7. The fourth-order valence-corrected chi connectivity index (χ4v) is 1.26. The molecule has 0 aliphatic heterocycles. The van der Waals surface area contributed by atoms with Crippen LogP contribution in [0.2, 0.25) is 0 Å². The van der Waals surface area contributed by atoms with Gasteiger partial charge in [-0.05, 0) is 27.2 Å². The molecule has 1 aromatic rings. The molecule has 1 rings (SSSR count). The number of aliphatic hydroxyl groups is 1. The lowest BCUT2D eigenvalue weighted by Crippen LogP contribution is -2.33. The standard InChI is InChI=1S/C12H23N5O2/c1-5-12(4,18)8-14-10-15-9(13-6-2)16-11(17-10)19-7-3/h18H,5-8H2,1-4H3,(H2,13,14,15,16,17). The number of nitrogens with zero attached hydrogens (tertiary/aromatic N) is 3. The molecule has 1 unspecified atom stereocenters. The van der Waals surface area contributed by atoms with Crippen molar-refractivity contribution in [2.75, 3.05) is 30.3 Å². The second-order valence-electron chi connectivity index (χ2n) is 4.43. The summed E-state index contributed by atoms with van der Waals surface area (Å²) >= 11 is 0. The lowest BCUT2D eigenvalue weighted by molar-refractivity contribution is 0.0695. The molecule has 0 bridgehead atoms. The van der Waals surface area contributed by atoms with Crippen molar-refractivity contribution in [3.05, 3.63) is 0 Å². The van der Waals surface area contributed by atoms with Gasteiger partial charge in [-0.25, -0.2) is 0 Å². The normalized spacial score (nSPS) is 13.7. The van der Waals surface area contributed by atoms with E-state index in [4.69, 9.17) is 4.74 Å². The van der Waals surface area contributed by atoms with Crippen LogP contribution >= 0.6 is 0 Å². The molecule has 7 nitrogen and oxygen atoms in total. The first-order valence-corrected chi connectivity index (χ1v) is 6.59. The van der Waals surface area contributed by atoms with Gasteiger partial charge in [0.15, 0.2) is 0 Å². The minimum absolute atomic E-state index is 0.270. The van der Waals surface area contributed by atoms with Crippen LogP contribution in [0.25, 0.3) is 0 Å². The molecule has 19 heavy (non-hydrogen) atoms. The second kappa shape index (κ2) is 7.08. The largest absolute Gasteiger partial charge is 0.464 e. The molecule has 0 radical (unpaired) electrons. The SMILES string of the molecule is CCNc1nc(NCC(C)(O)CC)nc(OCC)n1. The summed E-state index contributed by atoms with van der Waals surface area (Å²) in [5.74, 6) is 0.850. The Morgan fingerprint density at radius 2 is 1.74 bits per heavy atom. The number of aromatic nitrogens is 3. The minimum Gasteiger partial charge on any atom is -0.464 e. The quantitative estimate of drug-likeness (QED) is 0.654. The Hall–Kier alpha value is -1.63. The third-order valence-electron chi connectivity index (χ3n) is 2.61. The zero-order valence-corrected chi connectivity index (χ0v) is 12.0. The van der Waals surface area contributed by atoms with Gasteiger partial charge in [-0.3, -0.25) is 0 Å². The van der Waals surface area contributed by atoms with Gasteiger partial charge in [-0.2, -0.15) is 15.0 Å². The predicted octanol–water partition coefficient (Wildman–Crippen LogP) is 1.27. The van der Waals surface area contributed by atoms with Gasteiger partial charge in [0.05, 0.1) is 12.2 Å². The zero-order valence-electron chi connectivity index (χ0n) is 12.0. The van der Waals surface area contributed by atoms with Crippen LogP contribution in [0.3, 0.4) is 0 Å². The minimum atomic E-state index is -0.795. The van der Waals surface area contributed by atoms with Crippen LogP contribution in [0.4, 0.5) is 11.9 Å². The maximum absolute atomic E-state index is 9.95. The molecule has 0 saturated heterocycles. The molecule has 0 spiro atoms. The Labute approximate surface area is 113 Å². The number of hydrogen-bond donors (Lipinski definition) is 3. The van der Waals surface area contributed by atoms with Crippen molar-refractivity contribution in [2.24, 2.45) is 0 Å². The van der Waals surface area contributed by atoms with E-state index in [1.165, 1.54) is 0 Å². The van der Waals surface area contributed by atoms with Gasteiger partial charge in [-0.1, -0.05) is 6.92 Å². The third-order valence-corrected chi connectivity index (χ3v) is 2.61. The number of nitrogens with one attached hydrogen (secondary N) is 2. The topological polar surface area (TPSA) is 92.2 Å². The molecule has 1 aromatic heterocycles. The van der Waals surface area contributed by atoms with Crippen LogP contribution in [0.5, 0.6) is 6.01 Å². The Morgan fingerprint density at radius 1 is 1.11 bits per heavy atom. The Balaban J connectivity index is 2.80. The highest BCUT2D eigenvalue weighted by atomic mass is 16.5. The summed E-state index contributed by atoms with van der Waals surface area (Å²) in [4.78, 5) is 12.5. The summed E-state index contributed by atoms with van der Waals surface area (Å²) in [6, 6.07) is 0.270. The predicted molar refractivity (Wildman–Crippen MR) is 74.6 cm³/mol. The summed E-state index contributed by atoms with van der Waals surface area (Å²) in [6.45, 7) is 9.07. The van der Waals surface area contributed by atoms with Crippen molar-refractivity contribution < 1.29 is 9.84 Å². The van der Waals surface area contributed by atoms with E-state index in [1.54, 1.807) is 6.92 Å². The van der Waals surface area contributed by atoms with Crippen molar-refractivity contribution in [3.8, 4) is 6.01 Å². The van der Waals surface area contributed by atoms with E-state index in [0.29, 0.717) is 38.0 Å². The average molecular weight is 269 g/mol. The van der Waals surface area contributed by atoms with E-state index < -0.39 is 5.60 Å². The van der Waals surface area contributed by atoms with Crippen LogP contribution in [0.15, 0.2) is 0 Å². The van der Waals surface area contributed by atoms with Gasteiger partial charge < -0.3 is 20.5 Å². The molecular weight excluding hydrogens is 246 g/mol. The molecule has 0 aliphatic carbocycles. The van der Waals surface area contributed by atoms with E-state index in [2.05, 4.69) is 25.6 Å². The monoisotopic (exact) mass is 269 g/mol. The van der Waals surface area contributed by atoms with Crippen molar-refractivity contribution in [1.82, 2.24) is 15.0 Å². The Morgan fingerprint density at radius 3 is 2.26 bits per heavy atom. The van der Waals surface area contributed by atoms with Gasteiger partial charge in [0.1, 0.15) is 0 Å². The molecule has 1 atom stereocenters. The highest BCUT2D eigenvalue weighted by Gasteiger charge is 2.18. The first-order chi connectivity index (χ1) is 9.00. The molecule has 0 amide bonds. The molecular formula is C12H23N5O2. The molecule has 0 aromatic carbocycles. The average Bonchev–Trinajstić information content (AvgIpc) is 2.37. The highest BCUT2D eigenvalue weighted by Crippen LogP contribution is 2.13. The van der Waals surface area contributed by atoms with Gasteiger partial charge >= 0.3 is 6.01 Å². The van der Waals surface area contributed by atoms with Gasteiger partial charge in [0.25, 0.3) is 0 Å². The third kappa shape index (κ3) is 5.25. The van der Waals surface area contributed by atoms with Crippen molar-refractivity contribution in [3.63, 3.8) is 0 Å². The maximum atomic E-state index is 9.95. The molecule has 3 N–H and O–H groups in total. The van der Waals surface area contributed by atoms with Crippen molar-refractivity contribution in [2.45, 2.75) is 39.7 Å². The van der Waals surface area contributed by atoms with E-state index >= 15 is 0 Å². The number of anilines is 2. The van der Waals surface area contributed by atoms with Crippen LogP contribution in [-0.4, -0.2) is 45.4 Å². The molecule has 0 saturated carbocycles. The second-order valence-corrected chi connectivity index (χ2v) is 4.43. The summed E-state index contributed by atoms with van der Waals surface area (Å²) in [5, 5.41) is 16.0. The molecule has 0 aliphatic rings. The van der Waals surface area contributed by atoms with Crippen LogP contribution in [0, 0.1) is 0 Å². The van der Waals surface area contributed by atoms with Crippen molar-refractivity contribution >= 4 is 11.9 Å². The first kappa shape index (κ1) is 15.4. The van der Waals surface area contributed by atoms with E-state index in [9.17, 15) is 5.11 Å². The summed E-state index contributed by atoms with van der Waals surface area (Å²) in [6.07, 6.45) is 0.642. The Kier molecular flexibility index (Phi) is 5.75. The van der Waals surface area contributed by atoms with Crippen LogP contribution < -0.4 is 15.4 Å². The smallest absolute Gasteiger partial charge is 0.323 e. The molecule has 108 valence electrons. The fraction of sp³-hybridized carbons (Fsp3) is 0.750. The Bertz CT molecular complexity index is 373. The highest BCUT2D eigenvalue weighted by molar-refractivity contribution is 5.36. The zero-order chi connectivity index (χ0) is 14.3. The fourth-order valence-electron chi connectivity index (χ4n) is 1.26. The molecule has 1 heterocycles. The maximum Gasteiger partial charge on any atom is 0.323 e. The molecule has 7 heteroatoms.